The van der Waals surface area contributed by atoms with Crippen LogP contribution in [-0.2, 0) is 13.5 Å². The minimum Gasteiger partial charge on any atom is -0.477 e. The Morgan fingerprint density at radius 2 is 2.05 bits per heavy atom. The van der Waals surface area contributed by atoms with Gasteiger partial charge in [-0.05, 0) is 36.5 Å². The highest BCUT2D eigenvalue weighted by Gasteiger charge is 2.28. The highest BCUT2D eigenvalue weighted by atomic mass is 16.4. The molecular weight excluding hydrogens is 266 g/mol. The third-order valence-corrected chi connectivity index (χ3v) is 4.19. The molecule has 0 spiro atoms. The van der Waals surface area contributed by atoms with Gasteiger partial charge in [0.2, 0.25) is 0 Å². The van der Waals surface area contributed by atoms with E-state index in [4.69, 9.17) is 5.11 Å². The molecule has 1 aromatic carbocycles. The number of fused-ring (bicyclic) bond motifs is 1. The second kappa shape index (κ2) is 5.20. The van der Waals surface area contributed by atoms with Gasteiger partial charge in [-0.15, -0.1) is 0 Å². The summed E-state index contributed by atoms with van der Waals surface area (Å²) in [6, 6.07) is 9.51. The fourth-order valence-electron chi connectivity index (χ4n) is 3.14. The number of carboxylic acids is 1. The molecule has 0 saturated carbocycles. The van der Waals surface area contributed by atoms with Crippen LogP contribution in [0.2, 0.25) is 0 Å². The minimum atomic E-state index is -1.01. The predicted octanol–water partition coefficient (Wildman–Crippen LogP) is 3.03. The summed E-state index contributed by atoms with van der Waals surface area (Å²) < 4.78 is 1.49. The molecule has 0 bridgehead atoms. The first-order valence-corrected chi connectivity index (χ1v) is 7.09. The number of hydrogen-bond donors (Lipinski definition) is 1. The van der Waals surface area contributed by atoms with Crippen molar-refractivity contribution in [1.29, 1.82) is 0 Å². The van der Waals surface area contributed by atoms with Crippen LogP contribution in [0.15, 0.2) is 36.5 Å². The van der Waals surface area contributed by atoms with Gasteiger partial charge >= 0.3 is 5.97 Å². The Labute approximate surface area is 123 Å². The molecule has 1 aromatic heterocycles. The van der Waals surface area contributed by atoms with E-state index in [-0.39, 0.29) is 17.4 Å². The number of benzene rings is 1. The maximum Gasteiger partial charge on any atom is 0.352 e. The summed E-state index contributed by atoms with van der Waals surface area (Å²) in [7, 11) is 1.65. The molecule has 1 heterocycles. The number of hydrogen-bond acceptors (Lipinski definition) is 2. The Balaban J connectivity index is 1.97. The summed E-state index contributed by atoms with van der Waals surface area (Å²) in [5, 5.41) is 9.10. The van der Waals surface area contributed by atoms with Crippen molar-refractivity contribution in [2.45, 2.75) is 25.2 Å². The van der Waals surface area contributed by atoms with Crippen molar-refractivity contribution < 1.29 is 14.7 Å². The number of carbonyl (C=O) groups is 2. The van der Waals surface area contributed by atoms with Gasteiger partial charge in [0, 0.05) is 24.7 Å². The lowest BCUT2D eigenvalue weighted by Gasteiger charge is -2.24. The van der Waals surface area contributed by atoms with E-state index < -0.39 is 5.97 Å². The number of ketones is 1. The number of rotatable bonds is 3. The topological polar surface area (TPSA) is 59.3 Å². The third-order valence-electron chi connectivity index (χ3n) is 4.19. The largest absolute Gasteiger partial charge is 0.477 e. The van der Waals surface area contributed by atoms with Gasteiger partial charge in [-0.25, -0.2) is 4.79 Å². The molecule has 0 aliphatic heterocycles. The number of aryl methyl sites for hydroxylation is 2. The van der Waals surface area contributed by atoms with E-state index in [9.17, 15) is 9.59 Å². The SMILES string of the molecule is Cn1cc(C(=O)C2CCCc3ccccc32)cc1C(=O)O. The molecule has 1 aliphatic rings. The van der Waals surface area contributed by atoms with Crippen LogP contribution in [0.4, 0.5) is 0 Å². The first-order chi connectivity index (χ1) is 10.1. The van der Waals surface area contributed by atoms with Crippen LogP contribution in [0.1, 0.15) is 50.7 Å². The van der Waals surface area contributed by atoms with E-state index in [0.717, 1.165) is 24.8 Å². The lowest BCUT2D eigenvalue weighted by atomic mass is 9.79. The second-order valence-electron chi connectivity index (χ2n) is 5.54. The third kappa shape index (κ3) is 2.37. The van der Waals surface area contributed by atoms with Gasteiger partial charge in [-0.2, -0.15) is 0 Å². The molecule has 21 heavy (non-hydrogen) atoms. The van der Waals surface area contributed by atoms with Crippen molar-refractivity contribution in [2.75, 3.05) is 0 Å². The van der Waals surface area contributed by atoms with Crippen molar-refractivity contribution in [2.24, 2.45) is 7.05 Å². The van der Waals surface area contributed by atoms with Crippen LogP contribution in [0.5, 0.6) is 0 Å². The zero-order valence-electron chi connectivity index (χ0n) is 11.9. The summed E-state index contributed by atoms with van der Waals surface area (Å²) in [5.74, 6) is -1.15. The summed E-state index contributed by atoms with van der Waals surface area (Å²) in [6.45, 7) is 0. The molecule has 0 amide bonds. The molecule has 3 rings (SSSR count). The fourth-order valence-corrected chi connectivity index (χ4v) is 3.14. The Morgan fingerprint density at radius 1 is 1.29 bits per heavy atom. The van der Waals surface area contributed by atoms with Crippen molar-refractivity contribution in [3.05, 3.63) is 58.9 Å². The zero-order valence-corrected chi connectivity index (χ0v) is 11.9. The Bertz CT molecular complexity index is 715. The quantitative estimate of drug-likeness (QED) is 0.881. The zero-order chi connectivity index (χ0) is 15.0. The Hall–Kier alpha value is -2.36. The molecule has 4 nitrogen and oxygen atoms in total. The lowest BCUT2D eigenvalue weighted by molar-refractivity contribution is 0.0686. The molecule has 1 atom stereocenters. The van der Waals surface area contributed by atoms with Crippen LogP contribution >= 0.6 is 0 Å². The van der Waals surface area contributed by atoms with Gasteiger partial charge in [-0.1, -0.05) is 24.3 Å². The lowest BCUT2D eigenvalue weighted by Crippen LogP contribution is -2.18. The van der Waals surface area contributed by atoms with E-state index in [0.29, 0.717) is 5.56 Å². The summed E-state index contributed by atoms with van der Waals surface area (Å²) >= 11 is 0. The Kier molecular flexibility index (Phi) is 3.37. The number of aromatic nitrogens is 1. The molecule has 4 heteroatoms. The Morgan fingerprint density at radius 3 is 2.76 bits per heavy atom. The van der Waals surface area contributed by atoms with Crippen LogP contribution in [0.3, 0.4) is 0 Å². The number of nitrogens with zero attached hydrogens (tertiary/aromatic N) is 1. The van der Waals surface area contributed by atoms with E-state index in [1.807, 2.05) is 18.2 Å². The smallest absolute Gasteiger partial charge is 0.352 e. The number of carbonyl (C=O) groups excluding carboxylic acids is 1. The average molecular weight is 283 g/mol. The molecular formula is C17H17NO3. The number of aromatic carboxylic acids is 1. The maximum atomic E-state index is 12.7. The van der Waals surface area contributed by atoms with Gasteiger partial charge in [0.25, 0.3) is 0 Å². The fraction of sp³-hybridized carbons (Fsp3) is 0.294. The van der Waals surface area contributed by atoms with E-state index in [2.05, 4.69) is 6.07 Å². The highest BCUT2D eigenvalue weighted by molar-refractivity contribution is 6.03. The molecule has 1 aliphatic carbocycles. The van der Waals surface area contributed by atoms with Crippen molar-refractivity contribution in [3.63, 3.8) is 0 Å². The first-order valence-electron chi connectivity index (χ1n) is 7.09. The van der Waals surface area contributed by atoms with E-state index in [1.54, 1.807) is 13.2 Å². The summed E-state index contributed by atoms with van der Waals surface area (Å²) in [4.78, 5) is 23.8. The van der Waals surface area contributed by atoms with Gasteiger partial charge < -0.3 is 9.67 Å². The van der Waals surface area contributed by atoms with Crippen molar-refractivity contribution >= 4 is 11.8 Å². The normalized spacial score (nSPS) is 17.3. The van der Waals surface area contributed by atoms with Crippen LogP contribution < -0.4 is 0 Å². The van der Waals surface area contributed by atoms with Crippen LogP contribution in [-0.4, -0.2) is 21.4 Å². The molecule has 108 valence electrons. The molecule has 1 N–H and O–H groups in total. The van der Waals surface area contributed by atoms with E-state index in [1.165, 1.54) is 16.2 Å². The number of Topliss-reactive ketones (excluding diaryl/α,β-unsaturated/α-hetero) is 1. The van der Waals surface area contributed by atoms with Crippen LogP contribution in [0.25, 0.3) is 0 Å². The molecule has 2 aromatic rings. The van der Waals surface area contributed by atoms with Gasteiger partial charge in [0.1, 0.15) is 5.69 Å². The van der Waals surface area contributed by atoms with E-state index >= 15 is 0 Å². The predicted molar refractivity (Wildman–Crippen MR) is 78.8 cm³/mol. The number of carboxylic acid groups (broad SMARTS) is 1. The van der Waals surface area contributed by atoms with Crippen LogP contribution in [0, 0.1) is 0 Å². The summed E-state index contributed by atoms with van der Waals surface area (Å²) in [5.41, 5.74) is 2.95. The second-order valence-corrected chi connectivity index (χ2v) is 5.54. The molecule has 0 saturated heterocycles. The van der Waals surface area contributed by atoms with Crippen molar-refractivity contribution in [3.8, 4) is 0 Å². The maximum absolute atomic E-state index is 12.7. The minimum absolute atomic E-state index is 0.0188. The molecule has 1 unspecified atom stereocenters. The average Bonchev–Trinajstić information content (AvgIpc) is 2.88. The monoisotopic (exact) mass is 283 g/mol. The first kappa shape index (κ1) is 13.6. The highest BCUT2D eigenvalue weighted by Crippen LogP contribution is 2.34. The standard InChI is InChI=1S/C17H17NO3/c1-18-10-12(9-15(18)17(20)21)16(19)14-8-4-6-11-5-2-3-7-13(11)14/h2-3,5,7,9-10,14H,4,6,8H2,1H3,(H,20,21). The van der Waals surface area contributed by atoms with Gasteiger partial charge in [-0.3, -0.25) is 4.79 Å². The van der Waals surface area contributed by atoms with Crippen molar-refractivity contribution in [1.82, 2.24) is 4.57 Å². The molecule has 0 fully saturated rings. The summed E-state index contributed by atoms with van der Waals surface area (Å²) in [6.07, 6.45) is 4.44. The molecule has 0 radical (unpaired) electrons. The van der Waals surface area contributed by atoms with Gasteiger partial charge in [0.15, 0.2) is 5.78 Å². The van der Waals surface area contributed by atoms with Gasteiger partial charge in [0.05, 0.1) is 0 Å².